The number of hydrogen-bond acceptors (Lipinski definition) is 6. The molecule has 1 aliphatic rings. The van der Waals surface area contributed by atoms with Crippen LogP contribution in [0.15, 0.2) is 15.7 Å². The predicted octanol–water partition coefficient (Wildman–Crippen LogP) is -1.46. The first-order valence-electron chi connectivity index (χ1n) is 6.82. The average molecular weight is 367 g/mol. The molecule has 0 unspecified atom stereocenters. The predicted molar refractivity (Wildman–Crippen MR) is 79.8 cm³/mol. The van der Waals surface area contributed by atoms with Crippen LogP contribution in [0.5, 0.6) is 0 Å². The van der Waals surface area contributed by atoms with Gasteiger partial charge in [0, 0.05) is 25.2 Å². The summed E-state index contributed by atoms with van der Waals surface area (Å²) in [5.74, 6) is -1.20. The number of hydrogen-bond donors (Lipinski definition) is 4. The molecule has 0 aromatic carbocycles. The molecule has 0 spiro atoms. The number of sulfonamides is 1. The van der Waals surface area contributed by atoms with Crippen molar-refractivity contribution in [3.05, 3.63) is 26.9 Å². The van der Waals surface area contributed by atoms with Gasteiger partial charge in [-0.05, 0) is 6.42 Å². The fourth-order valence-electron chi connectivity index (χ4n) is 2.29. The van der Waals surface area contributed by atoms with Crippen LogP contribution < -0.4 is 26.2 Å². The van der Waals surface area contributed by atoms with E-state index < -0.39 is 45.5 Å². The minimum Gasteiger partial charge on any atom is -0.356 e. The number of carbonyl (C=O) groups is 1. The van der Waals surface area contributed by atoms with Crippen molar-refractivity contribution in [2.24, 2.45) is 0 Å². The number of urea groups is 1. The zero-order valence-corrected chi connectivity index (χ0v) is 13.0. The van der Waals surface area contributed by atoms with Crippen molar-refractivity contribution in [2.45, 2.75) is 18.9 Å². The molecule has 2 heterocycles. The van der Waals surface area contributed by atoms with Gasteiger partial charge >= 0.3 is 11.7 Å². The molecule has 1 aromatic heterocycles. The van der Waals surface area contributed by atoms with E-state index in [-0.39, 0.29) is 12.4 Å². The summed E-state index contributed by atoms with van der Waals surface area (Å²) in [5.41, 5.74) is -1.26. The van der Waals surface area contributed by atoms with Crippen LogP contribution in [0.1, 0.15) is 6.42 Å². The second-order valence-corrected chi connectivity index (χ2v) is 6.92. The third kappa shape index (κ3) is 5.04. The summed E-state index contributed by atoms with van der Waals surface area (Å²) in [5, 5.41) is 2.34. The van der Waals surface area contributed by atoms with E-state index in [0.29, 0.717) is 13.0 Å². The van der Waals surface area contributed by atoms with Crippen LogP contribution in [0.4, 0.5) is 19.4 Å². The van der Waals surface area contributed by atoms with E-state index in [1.165, 1.54) is 10.8 Å². The summed E-state index contributed by atoms with van der Waals surface area (Å²) >= 11 is 0. The lowest BCUT2D eigenvalue weighted by molar-refractivity contribution is 0.174. The molecule has 134 valence electrons. The summed E-state index contributed by atoms with van der Waals surface area (Å²) in [4.78, 5) is 40.1. The van der Waals surface area contributed by atoms with Gasteiger partial charge in [-0.3, -0.25) is 14.8 Å². The van der Waals surface area contributed by atoms with Crippen LogP contribution in [0.2, 0.25) is 0 Å². The van der Waals surface area contributed by atoms with E-state index in [1.807, 2.05) is 4.98 Å². The zero-order valence-electron chi connectivity index (χ0n) is 12.2. The highest BCUT2D eigenvalue weighted by Crippen LogP contribution is 2.15. The maximum absolute atomic E-state index is 12.1. The van der Waals surface area contributed by atoms with Crippen molar-refractivity contribution >= 4 is 21.9 Å². The van der Waals surface area contributed by atoms with Gasteiger partial charge in [0.1, 0.15) is 11.6 Å². The molecule has 0 saturated carbocycles. The number of aromatic amines is 2. The Hall–Kier alpha value is -2.44. The number of carbonyl (C=O) groups excluding carboxylic acids is 1. The van der Waals surface area contributed by atoms with E-state index in [0.717, 1.165) is 0 Å². The lowest BCUT2D eigenvalue weighted by Gasteiger charge is -2.18. The average Bonchev–Trinajstić information content (AvgIpc) is 2.83. The van der Waals surface area contributed by atoms with Crippen molar-refractivity contribution in [3.8, 4) is 0 Å². The van der Waals surface area contributed by atoms with Gasteiger partial charge in [-0.15, -0.1) is 0 Å². The molecule has 2 amide bonds. The Labute approximate surface area is 134 Å². The van der Waals surface area contributed by atoms with Gasteiger partial charge in [-0.25, -0.2) is 31.5 Å². The normalized spacial score (nSPS) is 18.0. The van der Waals surface area contributed by atoms with Crippen molar-refractivity contribution in [1.29, 1.82) is 0 Å². The highest BCUT2D eigenvalue weighted by atomic mass is 32.2. The van der Waals surface area contributed by atoms with Gasteiger partial charge in [0.2, 0.25) is 10.0 Å². The maximum atomic E-state index is 12.1. The van der Waals surface area contributed by atoms with Crippen LogP contribution in [-0.4, -0.2) is 55.7 Å². The monoisotopic (exact) mass is 367 g/mol. The van der Waals surface area contributed by atoms with Crippen molar-refractivity contribution < 1.29 is 22.0 Å². The third-order valence-electron chi connectivity index (χ3n) is 3.20. The van der Waals surface area contributed by atoms with Gasteiger partial charge < -0.3 is 10.2 Å². The number of halogens is 2. The van der Waals surface area contributed by atoms with Gasteiger partial charge in [0.25, 0.3) is 12.0 Å². The Morgan fingerprint density at radius 3 is 2.71 bits per heavy atom. The van der Waals surface area contributed by atoms with Crippen LogP contribution in [0.3, 0.4) is 0 Å². The Morgan fingerprint density at radius 2 is 2.08 bits per heavy atom. The van der Waals surface area contributed by atoms with E-state index >= 15 is 0 Å². The molecule has 4 N–H and O–H groups in total. The standard InChI is InChI=1S/C11H15F2N5O5S/c12-7(13)5-24(22,23)17-11(21)14-6-1-2-18(4-6)8-3-9(19)16-10(20)15-8/h3,6-7H,1-2,4-5H2,(H2,14,17,21)(H2,15,16,19,20)/t6-/m0/s1. The van der Waals surface area contributed by atoms with Crippen molar-refractivity contribution in [1.82, 2.24) is 20.0 Å². The second kappa shape index (κ2) is 6.98. The summed E-state index contributed by atoms with van der Waals surface area (Å²) in [7, 11) is -4.42. The van der Waals surface area contributed by atoms with Crippen LogP contribution in [-0.2, 0) is 10.0 Å². The first-order valence-corrected chi connectivity index (χ1v) is 8.47. The molecule has 0 radical (unpaired) electrons. The van der Waals surface area contributed by atoms with Gasteiger partial charge in [-0.2, -0.15) is 0 Å². The van der Waals surface area contributed by atoms with Crippen LogP contribution in [0, 0.1) is 0 Å². The number of amides is 2. The summed E-state index contributed by atoms with van der Waals surface area (Å²) in [6, 6.07) is -0.409. The Bertz CT molecular complexity index is 792. The lowest BCUT2D eigenvalue weighted by Crippen LogP contribution is -2.46. The van der Waals surface area contributed by atoms with E-state index in [9.17, 15) is 31.6 Å². The molecule has 13 heteroatoms. The number of H-pyrrole nitrogens is 2. The topological polar surface area (TPSA) is 144 Å². The molecule has 1 atom stereocenters. The van der Waals surface area contributed by atoms with Gasteiger partial charge in [0.05, 0.1) is 0 Å². The van der Waals surface area contributed by atoms with Crippen molar-refractivity contribution in [2.75, 3.05) is 23.7 Å². The minimum absolute atomic E-state index is 0.210. The summed E-state index contributed by atoms with van der Waals surface area (Å²) < 4.78 is 48.1. The molecule has 1 aliphatic heterocycles. The Kier molecular flexibility index (Phi) is 5.21. The molecule has 1 fully saturated rings. The van der Waals surface area contributed by atoms with E-state index in [4.69, 9.17) is 0 Å². The fourth-order valence-corrected chi connectivity index (χ4v) is 3.04. The zero-order chi connectivity index (χ0) is 17.9. The van der Waals surface area contributed by atoms with Crippen LogP contribution in [0.25, 0.3) is 0 Å². The molecule has 2 rings (SSSR count). The van der Waals surface area contributed by atoms with Gasteiger partial charge in [-0.1, -0.05) is 0 Å². The molecule has 10 nitrogen and oxygen atoms in total. The quantitative estimate of drug-likeness (QED) is 0.500. The second-order valence-electron chi connectivity index (χ2n) is 5.15. The molecular weight excluding hydrogens is 352 g/mol. The third-order valence-corrected chi connectivity index (χ3v) is 4.39. The molecule has 1 saturated heterocycles. The summed E-state index contributed by atoms with van der Waals surface area (Å²) in [6.07, 6.45) is -2.68. The number of alkyl halides is 2. The SMILES string of the molecule is O=C(N[C@H]1CCN(c2cc(=O)[nH]c(=O)[nH]2)C1)NS(=O)(=O)CC(F)F. The molecule has 0 aliphatic carbocycles. The van der Waals surface area contributed by atoms with E-state index in [1.54, 1.807) is 4.90 Å². The Morgan fingerprint density at radius 1 is 1.38 bits per heavy atom. The molecule has 1 aromatic rings. The number of aromatic nitrogens is 2. The molecule has 0 bridgehead atoms. The minimum atomic E-state index is -4.42. The Balaban J connectivity index is 1.93. The van der Waals surface area contributed by atoms with Gasteiger partial charge in [0.15, 0.2) is 0 Å². The number of nitrogens with one attached hydrogen (secondary N) is 4. The largest absolute Gasteiger partial charge is 0.356 e. The molecule has 24 heavy (non-hydrogen) atoms. The number of nitrogens with zero attached hydrogens (tertiary/aromatic N) is 1. The van der Waals surface area contributed by atoms with E-state index in [2.05, 4.69) is 10.3 Å². The maximum Gasteiger partial charge on any atom is 0.328 e. The van der Waals surface area contributed by atoms with Crippen molar-refractivity contribution in [3.63, 3.8) is 0 Å². The first-order chi connectivity index (χ1) is 11.1. The number of rotatable bonds is 5. The number of anilines is 1. The highest BCUT2D eigenvalue weighted by Gasteiger charge is 2.27. The highest BCUT2D eigenvalue weighted by molar-refractivity contribution is 7.90. The van der Waals surface area contributed by atoms with Crippen LogP contribution >= 0.6 is 0 Å². The smallest absolute Gasteiger partial charge is 0.328 e. The first kappa shape index (κ1) is 17.9. The lowest BCUT2D eigenvalue weighted by atomic mass is 10.3. The fraction of sp³-hybridized carbons (Fsp3) is 0.545. The molecular formula is C11H15F2N5O5S. The summed E-state index contributed by atoms with van der Waals surface area (Å²) in [6.45, 7) is 0.607.